The lowest BCUT2D eigenvalue weighted by molar-refractivity contribution is -0.127. The molecule has 1 saturated heterocycles. The topological polar surface area (TPSA) is 98.3 Å². The molecule has 2 heterocycles. The van der Waals surface area contributed by atoms with Crippen molar-refractivity contribution in [3.05, 3.63) is 24.3 Å². The molecule has 7 heteroatoms. The first-order valence-corrected chi connectivity index (χ1v) is 8.69. The Kier molecular flexibility index (Phi) is 5.03. The van der Waals surface area contributed by atoms with Gasteiger partial charge in [-0.1, -0.05) is 32.4 Å². The van der Waals surface area contributed by atoms with Gasteiger partial charge in [-0.05, 0) is 18.1 Å². The van der Waals surface area contributed by atoms with Gasteiger partial charge in [0.15, 0.2) is 5.82 Å². The van der Waals surface area contributed by atoms with Gasteiger partial charge in [-0.3, -0.25) is 19.6 Å². The Morgan fingerprint density at radius 2 is 2.24 bits per heavy atom. The summed E-state index contributed by atoms with van der Waals surface area (Å²) in [7, 11) is 0. The summed E-state index contributed by atoms with van der Waals surface area (Å²) in [5.74, 6) is 0.0200. The Labute approximate surface area is 146 Å². The summed E-state index contributed by atoms with van der Waals surface area (Å²) in [6.07, 6.45) is 1.02. The lowest BCUT2D eigenvalue weighted by Crippen LogP contribution is -2.45. The summed E-state index contributed by atoms with van der Waals surface area (Å²) < 4.78 is 0. The third-order valence-corrected chi connectivity index (χ3v) is 5.06. The van der Waals surface area contributed by atoms with Crippen molar-refractivity contribution >= 4 is 28.5 Å². The molecule has 0 saturated carbocycles. The van der Waals surface area contributed by atoms with Crippen molar-refractivity contribution in [2.45, 2.75) is 32.7 Å². The molecule has 25 heavy (non-hydrogen) atoms. The number of rotatable bonds is 6. The zero-order chi connectivity index (χ0) is 18.0. The van der Waals surface area contributed by atoms with E-state index in [1.165, 1.54) is 0 Å². The molecular weight excluding hydrogens is 320 g/mol. The number of para-hydroxylation sites is 1. The van der Waals surface area contributed by atoms with E-state index in [2.05, 4.69) is 15.5 Å². The minimum Gasteiger partial charge on any atom is -0.394 e. The number of H-pyrrole nitrogens is 1. The predicted molar refractivity (Wildman–Crippen MR) is 95.0 cm³/mol. The van der Waals surface area contributed by atoms with Crippen LogP contribution < -0.4 is 10.2 Å². The number of aromatic amines is 1. The van der Waals surface area contributed by atoms with Crippen LogP contribution in [0, 0.1) is 11.8 Å². The van der Waals surface area contributed by atoms with E-state index in [0.29, 0.717) is 12.4 Å². The third-order valence-electron chi connectivity index (χ3n) is 5.06. The highest BCUT2D eigenvalue weighted by Crippen LogP contribution is 2.29. The van der Waals surface area contributed by atoms with Crippen molar-refractivity contribution in [2.75, 3.05) is 18.1 Å². The van der Waals surface area contributed by atoms with Gasteiger partial charge in [-0.15, -0.1) is 0 Å². The number of carbonyl (C=O) groups is 2. The van der Waals surface area contributed by atoms with E-state index in [4.69, 9.17) is 0 Å². The molecule has 0 spiro atoms. The van der Waals surface area contributed by atoms with Crippen molar-refractivity contribution in [3.8, 4) is 0 Å². The molecule has 134 valence electrons. The summed E-state index contributed by atoms with van der Waals surface area (Å²) in [6, 6.07) is 7.31. The van der Waals surface area contributed by atoms with Crippen LogP contribution in [0.25, 0.3) is 10.9 Å². The molecule has 3 rings (SSSR count). The van der Waals surface area contributed by atoms with Crippen LogP contribution in [0.4, 0.5) is 5.82 Å². The van der Waals surface area contributed by atoms with Crippen LogP contribution in [0.15, 0.2) is 24.3 Å². The van der Waals surface area contributed by atoms with Gasteiger partial charge in [0.2, 0.25) is 11.8 Å². The molecular formula is C18H24N4O3. The fraction of sp³-hybridized carbons (Fsp3) is 0.500. The molecule has 3 N–H and O–H groups in total. The van der Waals surface area contributed by atoms with Crippen LogP contribution in [-0.2, 0) is 9.59 Å². The second-order valence-electron chi connectivity index (χ2n) is 6.68. The highest BCUT2D eigenvalue weighted by atomic mass is 16.3. The van der Waals surface area contributed by atoms with Gasteiger partial charge >= 0.3 is 0 Å². The average Bonchev–Trinajstić information content (AvgIpc) is 3.22. The van der Waals surface area contributed by atoms with Crippen LogP contribution in [-0.4, -0.2) is 46.3 Å². The van der Waals surface area contributed by atoms with Crippen LogP contribution in [0.3, 0.4) is 0 Å². The van der Waals surface area contributed by atoms with Gasteiger partial charge in [-0.2, -0.15) is 5.10 Å². The van der Waals surface area contributed by atoms with Crippen molar-refractivity contribution < 1.29 is 14.7 Å². The monoisotopic (exact) mass is 344 g/mol. The molecule has 1 aliphatic rings. The number of aromatic nitrogens is 2. The van der Waals surface area contributed by atoms with E-state index in [1.54, 1.807) is 4.90 Å². The molecule has 2 amide bonds. The van der Waals surface area contributed by atoms with E-state index in [0.717, 1.165) is 17.3 Å². The second-order valence-corrected chi connectivity index (χ2v) is 6.68. The zero-order valence-electron chi connectivity index (χ0n) is 14.5. The standard InChI is InChI=1S/C18H24N4O3/c1-3-11(2)15(10-23)19-18(25)12-8-16(24)22(9-12)17-13-6-4-5-7-14(13)20-21-17/h4-7,11-12,15,23H,3,8-10H2,1-2H3,(H,19,25)(H,20,21)/t11-,12-,15+/m0/s1. The fourth-order valence-corrected chi connectivity index (χ4v) is 3.20. The maximum absolute atomic E-state index is 12.5. The number of nitrogens with one attached hydrogen (secondary N) is 2. The average molecular weight is 344 g/mol. The molecule has 1 aliphatic heterocycles. The normalized spacial score (nSPS) is 20.0. The minimum atomic E-state index is -0.430. The summed E-state index contributed by atoms with van der Waals surface area (Å²) >= 11 is 0. The quantitative estimate of drug-likeness (QED) is 0.738. The van der Waals surface area contributed by atoms with Gasteiger partial charge in [0.05, 0.1) is 24.1 Å². The number of aliphatic hydroxyl groups excluding tert-OH is 1. The molecule has 1 aromatic carbocycles. The van der Waals surface area contributed by atoms with Crippen LogP contribution in [0.2, 0.25) is 0 Å². The first kappa shape index (κ1) is 17.4. The lowest BCUT2D eigenvalue weighted by Gasteiger charge is -2.23. The smallest absolute Gasteiger partial charge is 0.229 e. The highest BCUT2D eigenvalue weighted by Gasteiger charge is 2.37. The van der Waals surface area contributed by atoms with E-state index in [9.17, 15) is 14.7 Å². The SMILES string of the molecule is CC[C@H](C)[C@@H](CO)NC(=O)[C@H]1CC(=O)N(c2n[nH]c3ccccc23)C1. The predicted octanol–water partition coefficient (Wildman–Crippen LogP) is 1.44. The Morgan fingerprint density at radius 1 is 1.48 bits per heavy atom. The number of benzene rings is 1. The van der Waals surface area contributed by atoms with Crippen molar-refractivity contribution in [1.82, 2.24) is 15.5 Å². The summed E-state index contributed by atoms with van der Waals surface area (Å²) in [6.45, 7) is 4.21. The van der Waals surface area contributed by atoms with Crippen molar-refractivity contribution in [2.24, 2.45) is 11.8 Å². The van der Waals surface area contributed by atoms with Crippen LogP contribution >= 0.6 is 0 Å². The highest BCUT2D eigenvalue weighted by molar-refractivity contribution is 6.05. The summed E-state index contributed by atoms with van der Waals surface area (Å²) in [5, 5.41) is 20.4. The van der Waals surface area contributed by atoms with Crippen molar-refractivity contribution in [1.29, 1.82) is 0 Å². The van der Waals surface area contributed by atoms with Gasteiger partial charge in [-0.25, -0.2) is 0 Å². The molecule has 7 nitrogen and oxygen atoms in total. The second kappa shape index (κ2) is 7.23. The molecule has 3 atom stereocenters. The number of nitrogens with zero attached hydrogens (tertiary/aromatic N) is 2. The van der Waals surface area contributed by atoms with E-state index in [-0.39, 0.29) is 36.8 Å². The third kappa shape index (κ3) is 3.37. The van der Waals surface area contributed by atoms with Gasteiger partial charge in [0.1, 0.15) is 0 Å². The van der Waals surface area contributed by atoms with Crippen molar-refractivity contribution in [3.63, 3.8) is 0 Å². The van der Waals surface area contributed by atoms with Crippen LogP contribution in [0.1, 0.15) is 26.7 Å². The Bertz CT molecular complexity index is 773. The van der Waals surface area contributed by atoms with Crippen LogP contribution in [0.5, 0.6) is 0 Å². The summed E-state index contributed by atoms with van der Waals surface area (Å²) in [4.78, 5) is 26.5. The number of aliphatic hydroxyl groups is 1. The molecule has 0 radical (unpaired) electrons. The molecule has 1 aromatic heterocycles. The Balaban J connectivity index is 1.73. The summed E-state index contributed by atoms with van der Waals surface area (Å²) in [5.41, 5.74) is 0.857. The van der Waals surface area contributed by atoms with E-state index < -0.39 is 5.92 Å². The maximum atomic E-state index is 12.5. The zero-order valence-corrected chi connectivity index (χ0v) is 14.5. The first-order valence-electron chi connectivity index (χ1n) is 8.69. The first-order chi connectivity index (χ1) is 12.0. The lowest BCUT2D eigenvalue weighted by atomic mass is 9.98. The largest absolute Gasteiger partial charge is 0.394 e. The Morgan fingerprint density at radius 3 is 2.96 bits per heavy atom. The number of carbonyl (C=O) groups excluding carboxylic acids is 2. The van der Waals surface area contributed by atoms with Gasteiger partial charge in [0.25, 0.3) is 0 Å². The number of anilines is 1. The number of amides is 2. The number of hydrogen-bond donors (Lipinski definition) is 3. The molecule has 0 aliphatic carbocycles. The van der Waals surface area contributed by atoms with E-state index >= 15 is 0 Å². The Hall–Kier alpha value is -2.41. The molecule has 0 unspecified atom stereocenters. The molecule has 0 bridgehead atoms. The van der Waals surface area contributed by atoms with Gasteiger partial charge < -0.3 is 10.4 Å². The maximum Gasteiger partial charge on any atom is 0.229 e. The number of fused-ring (bicyclic) bond motifs is 1. The fourth-order valence-electron chi connectivity index (χ4n) is 3.20. The molecule has 2 aromatic rings. The molecule has 1 fully saturated rings. The van der Waals surface area contributed by atoms with Gasteiger partial charge in [0, 0.05) is 18.4 Å². The number of hydrogen-bond acceptors (Lipinski definition) is 4. The minimum absolute atomic E-state index is 0.102. The van der Waals surface area contributed by atoms with E-state index in [1.807, 2.05) is 38.1 Å².